The van der Waals surface area contributed by atoms with Gasteiger partial charge >= 0.3 is 0 Å². The first-order chi connectivity index (χ1) is 10.4. The van der Waals surface area contributed by atoms with Crippen molar-refractivity contribution in [1.29, 1.82) is 0 Å². The number of thiophene rings is 1. The van der Waals surface area contributed by atoms with E-state index >= 15 is 0 Å². The fraction of sp³-hybridized carbons (Fsp3) is 0.308. The van der Waals surface area contributed by atoms with Crippen molar-refractivity contribution in [2.45, 2.75) is 32.2 Å². The van der Waals surface area contributed by atoms with E-state index in [-0.39, 0.29) is 4.90 Å². The van der Waals surface area contributed by atoms with Crippen molar-refractivity contribution in [2.24, 2.45) is 0 Å². The number of nitrogens with zero attached hydrogens (tertiary/aromatic N) is 4. The molecule has 0 saturated carbocycles. The predicted molar refractivity (Wildman–Crippen MR) is 85.6 cm³/mol. The third-order valence-corrected chi connectivity index (χ3v) is 5.85. The Morgan fingerprint density at radius 3 is 2.77 bits per heavy atom. The number of hydrogen-bond donors (Lipinski definition) is 1. The molecule has 0 radical (unpaired) electrons. The number of fused-ring (bicyclic) bond motifs is 1. The van der Waals surface area contributed by atoms with E-state index in [2.05, 4.69) is 19.8 Å². The molecule has 3 aromatic rings. The van der Waals surface area contributed by atoms with Crippen LogP contribution in [0.5, 0.6) is 0 Å². The molecule has 0 aliphatic heterocycles. The Kier molecular flexibility index (Phi) is 3.61. The minimum Gasteiger partial charge on any atom is -0.272 e. The Balaban J connectivity index is 2.06. The second-order valence-corrected chi connectivity index (χ2v) is 7.71. The highest BCUT2D eigenvalue weighted by molar-refractivity contribution is 7.92. The van der Waals surface area contributed by atoms with Crippen molar-refractivity contribution >= 4 is 37.4 Å². The minimum atomic E-state index is -3.72. The van der Waals surface area contributed by atoms with Crippen LogP contribution < -0.4 is 4.72 Å². The Bertz CT molecular complexity index is 943. The summed E-state index contributed by atoms with van der Waals surface area (Å²) in [5.74, 6) is 0.302. The second kappa shape index (κ2) is 5.33. The van der Waals surface area contributed by atoms with Crippen LogP contribution in [0, 0.1) is 13.8 Å². The van der Waals surface area contributed by atoms with E-state index in [9.17, 15) is 8.42 Å². The fourth-order valence-corrected chi connectivity index (χ4v) is 4.07. The number of aryl methyl sites for hydroxylation is 3. The SMILES string of the molecule is CCn1cc(S(=O)(=O)Nc2ncnc3sc(C)c(C)c23)cn1. The molecule has 3 rings (SSSR count). The Labute approximate surface area is 132 Å². The molecule has 7 nitrogen and oxygen atoms in total. The maximum Gasteiger partial charge on any atom is 0.266 e. The van der Waals surface area contributed by atoms with E-state index in [4.69, 9.17) is 0 Å². The molecule has 0 fully saturated rings. The minimum absolute atomic E-state index is 0.116. The van der Waals surface area contributed by atoms with Crippen molar-refractivity contribution in [3.63, 3.8) is 0 Å². The van der Waals surface area contributed by atoms with Crippen LogP contribution in [0.25, 0.3) is 10.2 Å². The molecule has 3 aromatic heterocycles. The van der Waals surface area contributed by atoms with Gasteiger partial charge in [-0.3, -0.25) is 9.40 Å². The maximum absolute atomic E-state index is 12.5. The van der Waals surface area contributed by atoms with E-state index in [0.29, 0.717) is 12.4 Å². The largest absolute Gasteiger partial charge is 0.272 e. The van der Waals surface area contributed by atoms with Crippen molar-refractivity contribution in [3.8, 4) is 0 Å². The summed E-state index contributed by atoms with van der Waals surface area (Å²) in [7, 11) is -3.72. The van der Waals surface area contributed by atoms with Crippen LogP contribution in [0.2, 0.25) is 0 Å². The third kappa shape index (κ3) is 2.46. The molecule has 0 amide bonds. The molecule has 0 aliphatic carbocycles. The van der Waals surface area contributed by atoms with Crippen LogP contribution in [-0.2, 0) is 16.6 Å². The fourth-order valence-electron chi connectivity index (χ4n) is 2.10. The summed E-state index contributed by atoms with van der Waals surface area (Å²) in [5.41, 5.74) is 0.988. The van der Waals surface area contributed by atoms with Gasteiger partial charge in [0.1, 0.15) is 16.1 Å². The normalized spacial score (nSPS) is 12.0. The molecule has 0 atom stereocenters. The Hall–Kier alpha value is -2.00. The molecule has 0 spiro atoms. The monoisotopic (exact) mass is 337 g/mol. The van der Waals surface area contributed by atoms with Crippen molar-refractivity contribution in [3.05, 3.63) is 29.2 Å². The summed E-state index contributed by atoms with van der Waals surface area (Å²) >= 11 is 1.52. The number of anilines is 1. The maximum atomic E-state index is 12.5. The van der Waals surface area contributed by atoms with Crippen LogP contribution >= 0.6 is 11.3 Å². The number of sulfonamides is 1. The summed E-state index contributed by atoms with van der Waals surface area (Å²) in [6.07, 6.45) is 4.19. The lowest BCUT2D eigenvalue weighted by molar-refractivity contribution is 0.600. The number of rotatable bonds is 4. The van der Waals surface area contributed by atoms with E-state index in [0.717, 1.165) is 20.7 Å². The lowest BCUT2D eigenvalue weighted by atomic mass is 10.2. The van der Waals surface area contributed by atoms with E-state index in [1.54, 1.807) is 4.68 Å². The molecule has 9 heteroatoms. The molecule has 0 saturated heterocycles. The highest BCUT2D eigenvalue weighted by Crippen LogP contribution is 2.33. The van der Waals surface area contributed by atoms with Gasteiger partial charge in [0.15, 0.2) is 5.82 Å². The highest BCUT2D eigenvalue weighted by Gasteiger charge is 2.20. The topological polar surface area (TPSA) is 89.8 Å². The van der Waals surface area contributed by atoms with Crippen LogP contribution in [-0.4, -0.2) is 28.2 Å². The molecule has 1 N–H and O–H groups in total. The molecule has 0 aliphatic rings. The van der Waals surface area contributed by atoms with E-state index in [1.165, 1.54) is 30.1 Å². The molecule has 3 heterocycles. The first-order valence-electron chi connectivity index (χ1n) is 6.68. The lowest BCUT2D eigenvalue weighted by Gasteiger charge is -2.06. The van der Waals surface area contributed by atoms with Gasteiger partial charge in [-0.2, -0.15) is 5.10 Å². The molecule has 116 valence electrons. The van der Waals surface area contributed by atoms with Gasteiger partial charge in [-0.05, 0) is 26.3 Å². The van der Waals surface area contributed by atoms with Gasteiger partial charge in [0.05, 0.1) is 11.6 Å². The van der Waals surface area contributed by atoms with Gasteiger partial charge < -0.3 is 0 Å². The lowest BCUT2D eigenvalue weighted by Crippen LogP contribution is -2.14. The summed E-state index contributed by atoms with van der Waals surface area (Å²) < 4.78 is 29.0. The van der Waals surface area contributed by atoms with E-state index in [1.807, 2.05) is 20.8 Å². The van der Waals surface area contributed by atoms with Crippen molar-refractivity contribution in [1.82, 2.24) is 19.7 Å². The Morgan fingerprint density at radius 1 is 1.32 bits per heavy atom. The first-order valence-corrected chi connectivity index (χ1v) is 8.98. The first kappa shape index (κ1) is 14.9. The molecular formula is C13H15N5O2S2. The van der Waals surface area contributed by atoms with Crippen LogP contribution in [0.1, 0.15) is 17.4 Å². The van der Waals surface area contributed by atoms with E-state index < -0.39 is 10.0 Å². The smallest absolute Gasteiger partial charge is 0.266 e. The number of hydrogen-bond acceptors (Lipinski definition) is 6. The summed E-state index contributed by atoms with van der Waals surface area (Å²) in [5, 5.41) is 4.74. The zero-order valence-electron chi connectivity index (χ0n) is 12.4. The van der Waals surface area contributed by atoms with Crippen LogP contribution in [0.3, 0.4) is 0 Å². The molecule has 22 heavy (non-hydrogen) atoms. The predicted octanol–water partition coefficient (Wildman–Crippen LogP) is 2.33. The summed E-state index contributed by atoms with van der Waals surface area (Å²) in [6.45, 7) is 6.41. The van der Waals surface area contributed by atoms with Gasteiger partial charge in [-0.25, -0.2) is 18.4 Å². The van der Waals surface area contributed by atoms with Crippen LogP contribution in [0.4, 0.5) is 5.82 Å². The zero-order valence-corrected chi connectivity index (χ0v) is 14.0. The summed E-state index contributed by atoms with van der Waals surface area (Å²) in [4.78, 5) is 10.3. The quantitative estimate of drug-likeness (QED) is 0.789. The van der Waals surface area contributed by atoms with Crippen molar-refractivity contribution in [2.75, 3.05) is 4.72 Å². The average Bonchev–Trinajstić information content (AvgIpc) is 3.05. The van der Waals surface area contributed by atoms with Crippen LogP contribution in [0.15, 0.2) is 23.6 Å². The molecular weight excluding hydrogens is 322 g/mol. The van der Waals surface area contributed by atoms with Gasteiger partial charge in [-0.1, -0.05) is 0 Å². The second-order valence-electron chi connectivity index (χ2n) is 4.82. The zero-order chi connectivity index (χ0) is 15.9. The Morgan fingerprint density at radius 2 is 2.09 bits per heavy atom. The molecule has 0 aromatic carbocycles. The molecule has 0 bridgehead atoms. The van der Waals surface area contributed by atoms with Gasteiger partial charge in [0, 0.05) is 17.6 Å². The highest BCUT2D eigenvalue weighted by atomic mass is 32.2. The van der Waals surface area contributed by atoms with Gasteiger partial charge in [0.25, 0.3) is 10.0 Å². The van der Waals surface area contributed by atoms with Crippen molar-refractivity contribution < 1.29 is 8.42 Å². The number of aromatic nitrogens is 4. The standard InChI is InChI=1S/C13H15N5O2S2/c1-4-18-6-10(5-16-18)22(19,20)17-12-11-8(2)9(3)21-13(11)15-7-14-12/h5-7H,4H2,1-3H3,(H,14,15,17). The summed E-state index contributed by atoms with van der Waals surface area (Å²) in [6, 6.07) is 0. The average molecular weight is 337 g/mol. The van der Waals surface area contributed by atoms with Gasteiger partial charge in [-0.15, -0.1) is 11.3 Å². The number of nitrogens with one attached hydrogen (secondary N) is 1. The van der Waals surface area contributed by atoms with Gasteiger partial charge in [0.2, 0.25) is 0 Å². The molecule has 0 unspecified atom stereocenters. The third-order valence-electron chi connectivity index (χ3n) is 3.44.